The number of rotatable bonds is 3. The predicted molar refractivity (Wildman–Crippen MR) is 75.3 cm³/mol. The van der Waals surface area contributed by atoms with E-state index in [9.17, 15) is 0 Å². The van der Waals surface area contributed by atoms with Gasteiger partial charge in [-0.15, -0.1) is 0 Å². The highest BCUT2D eigenvalue weighted by Gasteiger charge is 2.05. The summed E-state index contributed by atoms with van der Waals surface area (Å²) in [5.74, 6) is 1.31. The molecule has 0 saturated carbocycles. The minimum Gasteiger partial charge on any atom is -0.457 e. The lowest BCUT2D eigenvalue weighted by molar-refractivity contribution is 0.478. The van der Waals surface area contributed by atoms with Crippen LogP contribution in [0.5, 0.6) is 11.5 Å². The molecule has 0 saturated heterocycles. The van der Waals surface area contributed by atoms with Crippen molar-refractivity contribution >= 4 is 27.5 Å². The molecule has 0 heterocycles. The summed E-state index contributed by atoms with van der Waals surface area (Å²) >= 11 is 9.35. The van der Waals surface area contributed by atoms with Crippen LogP contribution in [0.3, 0.4) is 0 Å². The first-order valence-electron chi connectivity index (χ1n) is 5.25. The molecular formula is C14H9BrClNO. The fourth-order valence-electron chi connectivity index (χ4n) is 1.49. The first-order chi connectivity index (χ1) is 8.72. The molecule has 0 amide bonds. The van der Waals surface area contributed by atoms with Crippen LogP contribution in [0.25, 0.3) is 0 Å². The largest absolute Gasteiger partial charge is 0.457 e. The summed E-state index contributed by atoms with van der Waals surface area (Å²) in [6.07, 6.45) is 0. The molecule has 0 N–H and O–H groups in total. The van der Waals surface area contributed by atoms with Gasteiger partial charge in [0.1, 0.15) is 11.5 Å². The van der Waals surface area contributed by atoms with Crippen LogP contribution >= 0.6 is 27.5 Å². The molecule has 0 aromatic heterocycles. The maximum absolute atomic E-state index is 8.84. The topological polar surface area (TPSA) is 33.0 Å². The second kappa shape index (κ2) is 5.90. The third-order valence-corrected chi connectivity index (χ3v) is 3.20. The molecule has 0 radical (unpaired) electrons. The molecular weight excluding hydrogens is 314 g/mol. The molecule has 0 atom stereocenters. The van der Waals surface area contributed by atoms with Gasteiger partial charge in [0, 0.05) is 15.9 Å². The molecule has 2 aromatic carbocycles. The van der Waals surface area contributed by atoms with Crippen LogP contribution in [-0.2, 0) is 5.33 Å². The van der Waals surface area contributed by atoms with E-state index in [-0.39, 0.29) is 0 Å². The van der Waals surface area contributed by atoms with Crippen LogP contribution in [0.15, 0.2) is 42.5 Å². The zero-order valence-corrected chi connectivity index (χ0v) is 11.7. The van der Waals surface area contributed by atoms with E-state index in [0.29, 0.717) is 27.4 Å². The van der Waals surface area contributed by atoms with Crippen LogP contribution in [-0.4, -0.2) is 0 Å². The minimum atomic E-state index is 0.565. The van der Waals surface area contributed by atoms with Crippen LogP contribution in [0.4, 0.5) is 0 Å². The number of nitrogens with zero attached hydrogens (tertiary/aromatic N) is 1. The second-order valence-corrected chi connectivity index (χ2v) is 4.62. The summed E-state index contributed by atoms with van der Waals surface area (Å²) in [6.45, 7) is 0. The summed E-state index contributed by atoms with van der Waals surface area (Å²) in [6, 6.07) is 14.6. The number of hydrogen-bond acceptors (Lipinski definition) is 2. The third kappa shape index (κ3) is 3.04. The van der Waals surface area contributed by atoms with Crippen LogP contribution in [0.1, 0.15) is 11.1 Å². The van der Waals surface area contributed by atoms with Gasteiger partial charge in [0.15, 0.2) is 0 Å². The summed E-state index contributed by atoms with van der Waals surface area (Å²) in [7, 11) is 0. The first kappa shape index (κ1) is 12.9. The molecule has 18 heavy (non-hydrogen) atoms. The summed E-state index contributed by atoms with van der Waals surface area (Å²) < 4.78 is 5.76. The SMILES string of the molecule is N#Cc1cccc(Oc2cc(Cl)ccc2CBr)c1. The predicted octanol–water partition coefficient (Wildman–Crippen LogP) is 4.90. The quantitative estimate of drug-likeness (QED) is 0.753. The van der Waals surface area contributed by atoms with E-state index in [2.05, 4.69) is 22.0 Å². The lowest BCUT2D eigenvalue weighted by atomic mass is 10.2. The lowest BCUT2D eigenvalue weighted by Gasteiger charge is -2.10. The Morgan fingerprint density at radius 2 is 2.06 bits per heavy atom. The van der Waals surface area contributed by atoms with Crippen molar-refractivity contribution in [1.29, 1.82) is 5.26 Å². The average molecular weight is 323 g/mol. The fourth-order valence-corrected chi connectivity index (χ4v) is 2.12. The van der Waals surface area contributed by atoms with Gasteiger partial charge in [-0.25, -0.2) is 0 Å². The van der Waals surface area contributed by atoms with Crippen molar-refractivity contribution in [3.8, 4) is 17.6 Å². The Balaban J connectivity index is 2.33. The van der Waals surface area contributed by atoms with Crippen LogP contribution in [0, 0.1) is 11.3 Å². The van der Waals surface area contributed by atoms with Crippen LogP contribution < -0.4 is 4.74 Å². The molecule has 2 rings (SSSR count). The van der Waals surface area contributed by atoms with E-state index in [0.717, 1.165) is 5.56 Å². The van der Waals surface area contributed by atoms with E-state index in [1.165, 1.54) is 0 Å². The van der Waals surface area contributed by atoms with Gasteiger partial charge in [-0.2, -0.15) is 5.26 Å². The highest BCUT2D eigenvalue weighted by Crippen LogP contribution is 2.30. The second-order valence-electron chi connectivity index (χ2n) is 3.63. The van der Waals surface area contributed by atoms with Crippen molar-refractivity contribution in [2.24, 2.45) is 0 Å². The number of nitriles is 1. The smallest absolute Gasteiger partial charge is 0.132 e. The summed E-state index contributed by atoms with van der Waals surface area (Å²) in [5.41, 5.74) is 1.57. The first-order valence-corrected chi connectivity index (χ1v) is 6.75. The molecule has 2 aromatic rings. The number of alkyl halides is 1. The van der Waals surface area contributed by atoms with Gasteiger partial charge in [-0.05, 0) is 30.3 Å². The Morgan fingerprint density at radius 1 is 1.22 bits per heavy atom. The standard InChI is InChI=1S/C14H9BrClNO/c15-8-11-4-5-12(16)7-14(11)18-13-3-1-2-10(6-13)9-17/h1-7H,8H2. The summed E-state index contributed by atoms with van der Waals surface area (Å²) in [4.78, 5) is 0. The van der Waals surface area contributed by atoms with Crippen molar-refractivity contribution in [2.75, 3.05) is 0 Å². The molecule has 0 spiro atoms. The van der Waals surface area contributed by atoms with Gasteiger partial charge >= 0.3 is 0 Å². The molecule has 4 heteroatoms. The molecule has 0 unspecified atom stereocenters. The zero-order valence-electron chi connectivity index (χ0n) is 9.36. The van der Waals surface area contributed by atoms with Crippen molar-refractivity contribution in [3.05, 3.63) is 58.6 Å². The van der Waals surface area contributed by atoms with Crippen molar-refractivity contribution < 1.29 is 4.74 Å². The van der Waals surface area contributed by atoms with Gasteiger partial charge in [-0.1, -0.05) is 39.7 Å². The van der Waals surface area contributed by atoms with Gasteiger partial charge < -0.3 is 4.74 Å². The Morgan fingerprint density at radius 3 is 2.78 bits per heavy atom. The molecule has 0 fully saturated rings. The molecule has 2 nitrogen and oxygen atoms in total. The number of halogens is 2. The van der Waals surface area contributed by atoms with E-state index in [1.807, 2.05) is 12.1 Å². The third-order valence-electron chi connectivity index (χ3n) is 2.36. The van der Waals surface area contributed by atoms with E-state index in [1.54, 1.807) is 30.3 Å². The van der Waals surface area contributed by atoms with Crippen molar-refractivity contribution in [1.82, 2.24) is 0 Å². The number of benzene rings is 2. The van der Waals surface area contributed by atoms with Crippen LogP contribution in [0.2, 0.25) is 5.02 Å². The monoisotopic (exact) mass is 321 g/mol. The van der Waals surface area contributed by atoms with Gasteiger partial charge in [-0.3, -0.25) is 0 Å². The Hall–Kier alpha value is -1.50. The lowest BCUT2D eigenvalue weighted by Crippen LogP contribution is -1.90. The molecule has 0 bridgehead atoms. The Bertz CT molecular complexity index is 607. The Kier molecular flexibility index (Phi) is 4.24. The molecule has 0 aliphatic rings. The van der Waals surface area contributed by atoms with Crippen molar-refractivity contribution in [2.45, 2.75) is 5.33 Å². The molecule has 90 valence electrons. The van der Waals surface area contributed by atoms with E-state index >= 15 is 0 Å². The molecule has 0 aliphatic heterocycles. The number of ether oxygens (including phenoxy) is 1. The number of hydrogen-bond donors (Lipinski definition) is 0. The Labute approximate surface area is 119 Å². The minimum absolute atomic E-state index is 0.565. The van der Waals surface area contributed by atoms with Crippen molar-refractivity contribution in [3.63, 3.8) is 0 Å². The molecule has 0 aliphatic carbocycles. The van der Waals surface area contributed by atoms with E-state index in [4.69, 9.17) is 21.6 Å². The van der Waals surface area contributed by atoms with E-state index < -0.39 is 0 Å². The highest BCUT2D eigenvalue weighted by atomic mass is 79.9. The maximum atomic E-state index is 8.84. The maximum Gasteiger partial charge on any atom is 0.132 e. The average Bonchev–Trinajstić information content (AvgIpc) is 2.39. The normalized spacial score (nSPS) is 9.83. The fraction of sp³-hybridized carbons (Fsp3) is 0.0714. The highest BCUT2D eigenvalue weighted by molar-refractivity contribution is 9.08. The summed E-state index contributed by atoms with van der Waals surface area (Å²) in [5, 5.41) is 10.1. The zero-order chi connectivity index (χ0) is 13.0. The van der Waals surface area contributed by atoms with Gasteiger partial charge in [0.05, 0.1) is 11.6 Å². The van der Waals surface area contributed by atoms with Gasteiger partial charge in [0.25, 0.3) is 0 Å². The van der Waals surface area contributed by atoms with Gasteiger partial charge in [0.2, 0.25) is 0 Å².